The van der Waals surface area contributed by atoms with E-state index in [1.807, 2.05) is 17.0 Å². The summed E-state index contributed by atoms with van der Waals surface area (Å²) in [6.07, 6.45) is 0.812. The van der Waals surface area contributed by atoms with Gasteiger partial charge in [-0.1, -0.05) is 6.07 Å². The minimum Gasteiger partial charge on any atom is -0.462 e. The minimum absolute atomic E-state index is 0.333. The molecule has 106 valence electrons. The third-order valence-corrected chi connectivity index (χ3v) is 3.42. The Morgan fingerprint density at radius 2 is 2.35 bits per heavy atom. The van der Waals surface area contributed by atoms with Gasteiger partial charge < -0.3 is 15.8 Å². The van der Waals surface area contributed by atoms with E-state index < -0.39 is 5.97 Å². The van der Waals surface area contributed by atoms with Crippen LogP contribution < -0.4 is 11.1 Å². The van der Waals surface area contributed by atoms with Crippen LogP contribution >= 0.6 is 11.3 Å². The highest BCUT2D eigenvalue weighted by atomic mass is 32.1. The van der Waals surface area contributed by atoms with Crippen molar-refractivity contribution in [3.05, 3.63) is 40.3 Å². The SMILES string of the molecule is CCOC(=O)c1cccc(NCCc2cscn2)c1N. The second-order valence-electron chi connectivity index (χ2n) is 4.14. The van der Waals surface area contributed by atoms with E-state index in [2.05, 4.69) is 10.3 Å². The van der Waals surface area contributed by atoms with Gasteiger partial charge in [-0.05, 0) is 19.1 Å². The molecule has 0 atom stereocenters. The maximum Gasteiger partial charge on any atom is 0.340 e. The molecule has 1 aromatic carbocycles. The summed E-state index contributed by atoms with van der Waals surface area (Å²) < 4.78 is 4.97. The lowest BCUT2D eigenvalue weighted by atomic mass is 10.1. The van der Waals surface area contributed by atoms with E-state index >= 15 is 0 Å². The number of thiazole rings is 1. The average Bonchev–Trinajstić information content (AvgIpc) is 2.94. The second-order valence-corrected chi connectivity index (χ2v) is 4.86. The molecule has 1 aromatic heterocycles. The van der Waals surface area contributed by atoms with E-state index in [1.54, 1.807) is 30.4 Å². The summed E-state index contributed by atoms with van der Waals surface area (Å²) >= 11 is 1.58. The first-order valence-electron chi connectivity index (χ1n) is 6.39. The third-order valence-electron chi connectivity index (χ3n) is 2.78. The number of nitrogens with two attached hydrogens (primary N) is 1. The highest BCUT2D eigenvalue weighted by molar-refractivity contribution is 7.07. The molecule has 0 unspecified atom stereocenters. The lowest BCUT2D eigenvalue weighted by Crippen LogP contribution is -2.12. The highest BCUT2D eigenvalue weighted by Crippen LogP contribution is 2.23. The van der Waals surface area contributed by atoms with Crippen molar-refractivity contribution in [2.24, 2.45) is 0 Å². The first-order valence-corrected chi connectivity index (χ1v) is 7.33. The molecule has 1 heterocycles. The molecular weight excluding hydrogens is 274 g/mol. The Hall–Kier alpha value is -2.08. The number of ether oxygens (including phenoxy) is 1. The van der Waals surface area contributed by atoms with Crippen LogP contribution in [0.15, 0.2) is 29.1 Å². The molecule has 2 rings (SSSR count). The Labute approximate surface area is 121 Å². The van der Waals surface area contributed by atoms with Crippen LogP contribution in [0.5, 0.6) is 0 Å². The van der Waals surface area contributed by atoms with Gasteiger partial charge in [0.05, 0.1) is 34.7 Å². The molecule has 20 heavy (non-hydrogen) atoms. The van der Waals surface area contributed by atoms with Crippen LogP contribution in [0.2, 0.25) is 0 Å². The molecular formula is C14H17N3O2S. The summed E-state index contributed by atoms with van der Waals surface area (Å²) in [6.45, 7) is 2.81. The van der Waals surface area contributed by atoms with E-state index in [4.69, 9.17) is 10.5 Å². The number of carbonyl (C=O) groups excluding carboxylic acids is 1. The Bertz CT molecular complexity index is 570. The van der Waals surface area contributed by atoms with Crippen molar-refractivity contribution in [1.82, 2.24) is 4.98 Å². The summed E-state index contributed by atoms with van der Waals surface area (Å²) in [5.74, 6) is -0.395. The number of para-hydroxylation sites is 1. The van der Waals surface area contributed by atoms with Gasteiger partial charge in [0, 0.05) is 18.3 Å². The molecule has 2 aromatic rings. The molecule has 0 radical (unpaired) electrons. The zero-order chi connectivity index (χ0) is 14.4. The van der Waals surface area contributed by atoms with Gasteiger partial charge >= 0.3 is 5.97 Å². The molecule has 3 N–H and O–H groups in total. The number of nitrogens with zero attached hydrogens (tertiary/aromatic N) is 1. The van der Waals surface area contributed by atoms with E-state index in [1.165, 1.54) is 0 Å². The Morgan fingerprint density at radius 3 is 3.05 bits per heavy atom. The zero-order valence-electron chi connectivity index (χ0n) is 11.3. The molecule has 0 amide bonds. The summed E-state index contributed by atoms with van der Waals surface area (Å²) in [6, 6.07) is 5.30. The van der Waals surface area contributed by atoms with Gasteiger partial charge in [-0.15, -0.1) is 11.3 Å². The maximum atomic E-state index is 11.7. The first kappa shape index (κ1) is 14.3. The van der Waals surface area contributed by atoms with Gasteiger partial charge in [0.1, 0.15) is 0 Å². The lowest BCUT2D eigenvalue weighted by Gasteiger charge is -2.12. The predicted molar refractivity (Wildman–Crippen MR) is 81.1 cm³/mol. The molecule has 0 aliphatic heterocycles. The number of esters is 1. The monoisotopic (exact) mass is 291 g/mol. The Balaban J connectivity index is 2.01. The van der Waals surface area contributed by atoms with Gasteiger partial charge in [-0.25, -0.2) is 9.78 Å². The summed E-state index contributed by atoms with van der Waals surface area (Å²) in [5.41, 5.74) is 10.4. The molecule has 0 aliphatic carbocycles. The fraction of sp³-hybridized carbons (Fsp3) is 0.286. The van der Waals surface area contributed by atoms with Gasteiger partial charge in [0.25, 0.3) is 0 Å². The van der Waals surface area contributed by atoms with Crippen LogP contribution in [0.25, 0.3) is 0 Å². The van der Waals surface area contributed by atoms with E-state index in [0.717, 1.165) is 17.8 Å². The van der Waals surface area contributed by atoms with Crippen LogP contribution in [0.3, 0.4) is 0 Å². The number of anilines is 2. The third kappa shape index (κ3) is 3.48. The average molecular weight is 291 g/mol. The number of aromatic nitrogens is 1. The molecule has 0 spiro atoms. The van der Waals surface area contributed by atoms with Gasteiger partial charge in [0.15, 0.2) is 0 Å². The number of hydrogen-bond donors (Lipinski definition) is 2. The van der Waals surface area contributed by atoms with E-state index in [-0.39, 0.29) is 0 Å². The van der Waals surface area contributed by atoms with Crippen molar-refractivity contribution in [1.29, 1.82) is 0 Å². The number of nitrogens with one attached hydrogen (secondary N) is 1. The molecule has 5 nitrogen and oxygen atoms in total. The standard InChI is InChI=1S/C14H17N3O2S/c1-2-19-14(18)11-4-3-5-12(13(11)15)16-7-6-10-8-20-9-17-10/h3-5,8-9,16H,2,6-7,15H2,1H3. The smallest absolute Gasteiger partial charge is 0.340 e. The van der Waals surface area contributed by atoms with Crippen molar-refractivity contribution in [3.8, 4) is 0 Å². The highest BCUT2D eigenvalue weighted by Gasteiger charge is 2.13. The van der Waals surface area contributed by atoms with Crippen molar-refractivity contribution in [2.45, 2.75) is 13.3 Å². The van der Waals surface area contributed by atoms with E-state index in [0.29, 0.717) is 24.4 Å². The second kappa shape index (κ2) is 6.91. The van der Waals surface area contributed by atoms with Gasteiger partial charge in [-0.3, -0.25) is 0 Å². The van der Waals surface area contributed by atoms with Crippen LogP contribution in [0.4, 0.5) is 11.4 Å². The van der Waals surface area contributed by atoms with Crippen LogP contribution in [0.1, 0.15) is 23.0 Å². The lowest BCUT2D eigenvalue weighted by molar-refractivity contribution is 0.0527. The number of nitrogen functional groups attached to an aromatic ring is 1. The zero-order valence-corrected chi connectivity index (χ0v) is 12.1. The summed E-state index contributed by atoms with van der Waals surface area (Å²) in [4.78, 5) is 16.0. The van der Waals surface area contributed by atoms with Crippen LogP contribution in [-0.2, 0) is 11.2 Å². The number of hydrogen-bond acceptors (Lipinski definition) is 6. The molecule has 0 aliphatic rings. The van der Waals surface area contributed by atoms with Gasteiger partial charge in [-0.2, -0.15) is 0 Å². The molecule has 0 fully saturated rings. The first-order chi connectivity index (χ1) is 9.72. The summed E-state index contributed by atoms with van der Waals surface area (Å²) in [7, 11) is 0. The van der Waals surface area contributed by atoms with Crippen LogP contribution in [0, 0.1) is 0 Å². The van der Waals surface area contributed by atoms with Crippen molar-refractivity contribution in [3.63, 3.8) is 0 Å². The Morgan fingerprint density at radius 1 is 1.50 bits per heavy atom. The van der Waals surface area contributed by atoms with Crippen molar-refractivity contribution >= 4 is 28.7 Å². The van der Waals surface area contributed by atoms with Crippen molar-refractivity contribution in [2.75, 3.05) is 24.2 Å². The minimum atomic E-state index is -0.395. The van der Waals surface area contributed by atoms with Crippen LogP contribution in [-0.4, -0.2) is 24.1 Å². The maximum absolute atomic E-state index is 11.7. The number of carbonyl (C=O) groups is 1. The van der Waals surface area contributed by atoms with Crippen molar-refractivity contribution < 1.29 is 9.53 Å². The summed E-state index contributed by atoms with van der Waals surface area (Å²) in [5, 5.41) is 5.23. The molecule has 0 saturated heterocycles. The number of rotatable bonds is 6. The fourth-order valence-corrected chi connectivity index (χ4v) is 2.39. The molecule has 0 saturated carbocycles. The molecule has 0 bridgehead atoms. The quantitative estimate of drug-likeness (QED) is 0.632. The fourth-order valence-electron chi connectivity index (χ4n) is 1.79. The van der Waals surface area contributed by atoms with E-state index in [9.17, 15) is 4.79 Å². The van der Waals surface area contributed by atoms with Gasteiger partial charge in [0.2, 0.25) is 0 Å². The largest absolute Gasteiger partial charge is 0.462 e. The number of benzene rings is 1. The molecule has 6 heteroatoms. The predicted octanol–water partition coefficient (Wildman–Crippen LogP) is 2.56. The Kier molecular flexibility index (Phi) is 4.95. The topological polar surface area (TPSA) is 77.2 Å². The normalized spacial score (nSPS) is 10.2.